The van der Waals surface area contributed by atoms with E-state index in [9.17, 15) is 8.78 Å². The molecule has 2 atom stereocenters. The molecule has 1 rings (SSSR count). The van der Waals surface area contributed by atoms with Gasteiger partial charge in [-0.05, 0) is 0 Å². The summed E-state index contributed by atoms with van der Waals surface area (Å²) in [6, 6.07) is 0. The van der Waals surface area contributed by atoms with Crippen molar-refractivity contribution in [2.45, 2.75) is 18.9 Å². The van der Waals surface area contributed by atoms with Gasteiger partial charge in [-0.15, -0.1) is 0 Å². The molecule has 0 aromatic heterocycles. The SMILES string of the molecule is FC1(Cl)C(F)(Cl)C(Cl)(Cl)C1(Cl)Cl. The zero-order valence-electron chi connectivity index (χ0n) is 5.02. The van der Waals surface area contributed by atoms with E-state index < -0.39 is 18.9 Å². The topological polar surface area (TPSA) is 0 Å². The molecule has 0 aliphatic heterocycles. The van der Waals surface area contributed by atoms with Gasteiger partial charge in [-0.3, -0.25) is 0 Å². The normalized spacial score (nSPS) is 50.0. The van der Waals surface area contributed by atoms with Crippen LogP contribution in [0.1, 0.15) is 0 Å². The first-order valence-corrected chi connectivity index (χ1v) is 4.78. The summed E-state index contributed by atoms with van der Waals surface area (Å²) in [5.41, 5.74) is 0. The van der Waals surface area contributed by atoms with E-state index in [1.165, 1.54) is 0 Å². The molecule has 0 amide bonds. The number of halogens is 8. The van der Waals surface area contributed by atoms with E-state index in [-0.39, 0.29) is 0 Å². The molecule has 72 valence electrons. The summed E-state index contributed by atoms with van der Waals surface area (Å²) in [5, 5.41) is -6.43. The van der Waals surface area contributed by atoms with Crippen molar-refractivity contribution in [1.29, 1.82) is 0 Å². The standard InChI is InChI=1S/C4Cl6F2/c5-1(6)2(7,8)4(10,12)3(1,9)11. The summed E-state index contributed by atoms with van der Waals surface area (Å²) in [6.45, 7) is 0. The van der Waals surface area contributed by atoms with Crippen molar-refractivity contribution in [1.82, 2.24) is 0 Å². The maximum absolute atomic E-state index is 13.1. The summed E-state index contributed by atoms with van der Waals surface area (Å²) >= 11 is 30.9. The van der Waals surface area contributed by atoms with Gasteiger partial charge in [0, 0.05) is 0 Å². The zero-order valence-corrected chi connectivity index (χ0v) is 9.56. The fourth-order valence-corrected chi connectivity index (χ4v) is 2.72. The third-order valence-corrected chi connectivity index (χ3v) is 5.71. The van der Waals surface area contributed by atoms with E-state index in [4.69, 9.17) is 69.6 Å². The molecule has 12 heavy (non-hydrogen) atoms. The highest BCUT2D eigenvalue weighted by atomic mass is 35.5. The van der Waals surface area contributed by atoms with Crippen LogP contribution >= 0.6 is 69.6 Å². The molecule has 1 fully saturated rings. The predicted molar refractivity (Wildman–Crippen MR) is 48.3 cm³/mol. The van der Waals surface area contributed by atoms with Gasteiger partial charge >= 0.3 is 0 Å². The molecule has 1 saturated carbocycles. The molecular formula is C4Cl6F2. The molecule has 0 bridgehead atoms. The smallest absolute Gasteiger partial charge is 0.218 e. The second-order valence-electron chi connectivity index (χ2n) is 2.30. The third-order valence-electron chi connectivity index (χ3n) is 1.58. The Morgan fingerprint density at radius 3 is 0.833 bits per heavy atom. The van der Waals surface area contributed by atoms with E-state index in [0.717, 1.165) is 0 Å². The lowest BCUT2D eigenvalue weighted by molar-refractivity contribution is -0.0250. The third kappa shape index (κ3) is 0.922. The lowest BCUT2D eigenvalue weighted by atomic mass is 9.90. The molecule has 1 aliphatic rings. The van der Waals surface area contributed by atoms with Gasteiger partial charge in [-0.25, -0.2) is 8.78 Å². The quantitative estimate of drug-likeness (QED) is 0.589. The Morgan fingerprint density at radius 1 is 0.583 bits per heavy atom. The minimum absolute atomic E-state index is 2.48. The molecule has 0 saturated heterocycles. The van der Waals surface area contributed by atoms with Gasteiger partial charge in [0.2, 0.25) is 8.67 Å². The van der Waals surface area contributed by atoms with Crippen LogP contribution in [0.4, 0.5) is 8.78 Å². The molecule has 2 unspecified atom stereocenters. The number of hydrogen-bond donors (Lipinski definition) is 0. The van der Waals surface area contributed by atoms with E-state index in [1.807, 2.05) is 0 Å². The first kappa shape index (κ1) is 11.7. The lowest BCUT2D eigenvalue weighted by Gasteiger charge is -2.57. The van der Waals surface area contributed by atoms with Crippen LogP contribution < -0.4 is 0 Å². The molecule has 8 heteroatoms. The van der Waals surface area contributed by atoms with Crippen molar-refractivity contribution in [3.05, 3.63) is 0 Å². The van der Waals surface area contributed by atoms with Gasteiger partial charge in [0.15, 0.2) is 0 Å². The van der Waals surface area contributed by atoms with Crippen molar-refractivity contribution < 1.29 is 8.78 Å². The van der Waals surface area contributed by atoms with E-state index in [1.54, 1.807) is 0 Å². The van der Waals surface area contributed by atoms with Crippen LogP contribution in [0.25, 0.3) is 0 Å². The Hall–Kier alpha value is 1.60. The second-order valence-corrected chi connectivity index (χ2v) is 5.99. The Kier molecular flexibility index (Phi) is 2.52. The van der Waals surface area contributed by atoms with Gasteiger partial charge in [0.25, 0.3) is 10.3 Å². The van der Waals surface area contributed by atoms with Gasteiger partial charge in [0.05, 0.1) is 0 Å². The van der Waals surface area contributed by atoms with E-state index in [0.29, 0.717) is 0 Å². The summed E-state index contributed by atoms with van der Waals surface area (Å²) in [5.74, 6) is 0. The Balaban J connectivity index is 3.16. The average Bonchev–Trinajstić information content (AvgIpc) is 1.84. The van der Waals surface area contributed by atoms with Crippen LogP contribution in [0, 0.1) is 0 Å². The van der Waals surface area contributed by atoms with Gasteiger partial charge in [0.1, 0.15) is 0 Å². The number of hydrogen-bond acceptors (Lipinski definition) is 0. The molecule has 1 aliphatic carbocycles. The number of rotatable bonds is 0. The minimum atomic E-state index is -3.21. The van der Waals surface area contributed by atoms with Crippen LogP contribution in [0.3, 0.4) is 0 Å². The number of alkyl halides is 8. The van der Waals surface area contributed by atoms with Crippen molar-refractivity contribution in [3.63, 3.8) is 0 Å². The molecule has 0 nitrogen and oxygen atoms in total. The second kappa shape index (κ2) is 2.59. The Labute approximate surface area is 97.0 Å². The molecule has 0 spiro atoms. The van der Waals surface area contributed by atoms with Crippen molar-refractivity contribution in [3.8, 4) is 0 Å². The Morgan fingerprint density at radius 2 is 0.750 bits per heavy atom. The average molecular weight is 299 g/mol. The maximum atomic E-state index is 13.1. The largest absolute Gasteiger partial charge is 0.270 e. The fourth-order valence-electron chi connectivity index (χ4n) is 0.726. The zero-order chi connectivity index (χ0) is 10.0. The predicted octanol–water partition coefficient (Wildman–Crippen LogP) is 4.16. The van der Waals surface area contributed by atoms with E-state index >= 15 is 0 Å². The van der Waals surface area contributed by atoms with Crippen LogP contribution in [-0.2, 0) is 0 Å². The highest BCUT2D eigenvalue weighted by molar-refractivity contribution is 6.71. The molecule has 0 radical (unpaired) electrons. The molecular weight excluding hydrogens is 299 g/mol. The minimum Gasteiger partial charge on any atom is -0.218 e. The highest BCUT2D eigenvalue weighted by Gasteiger charge is 2.91. The summed E-state index contributed by atoms with van der Waals surface area (Å²) < 4.78 is 21.2. The van der Waals surface area contributed by atoms with E-state index in [2.05, 4.69) is 0 Å². The monoisotopic (exact) mass is 296 g/mol. The highest BCUT2D eigenvalue weighted by Crippen LogP contribution is 2.75. The van der Waals surface area contributed by atoms with Gasteiger partial charge < -0.3 is 0 Å². The molecule has 0 heterocycles. The van der Waals surface area contributed by atoms with Crippen molar-refractivity contribution >= 4 is 69.6 Å². The molecule has 0 aromatic rings. The fraction of sp³-hybridized carbons (Fsp3) is 1.00. The molecule has 0 N–H and O–H groups in total. The first-order valence-electron chi connectivity index (χ1n) is 2.51. The summed E-state index contributed by atoms with van der Waals surface area (Å²) in [4.78, 5) is 0. The van der Waals surface area contributed by atoms with Crippen LogP contribution in [-0.4, -0.2) is 18.9 Å². The van der Waals surface area contributed by atoms with Crippen LogP contribution in [0.5, 0.6) is 0 Å². The first-order chi connectivity index (χ1) is 5.00. The summed E-state index contributed by atoms with van der Waals surface area (Å²) in [6.07, 6.45) is 0. The maximum Gasteiger partial charge on any atom is 0.270 e. The molecule has 0 aromatic carbocycles. The summed E-state index contributed by atoms with van der Waals surface area (Å²) in [7, 11) is 0. The van der Waals surface area contributed by atoms with Gasteiger partial charge in [-0.1, -0.05) is 69.6 Å². The lowest BCUT2D eigenvalue weighted by Crippen LogP contribution is -2.79. The van der Waals surface area contributed by atoms with Crippen molar-refractivity contribution in [2.75, 3.05) is 0 Å². The Bertz CT molecular complexity index is 158. The van der Waals surface area contributed by atoms with Crippen LogP contribution in [0.15, 0.2) is 0 Å². The van der Waals surface area contributed by atoms with Gasteiger partial charge in [-0.2, -0.15) is 0 Å². The van der Waals surface area contributed by atoms with Crippen molar-refractivity contribution in [2.24, 2.45) is 0 Å². The van der Waals surface area contributed by atoms with Crippen LogP contribution in [0.2, 0.25) is 0 Å².